The van der Waals surface area contributed by atoms with E-state index in [9.17, 15) is 23.7 Å². The van der Waals surface area contributed by atoms with Crippen molar-refractivity contribution in [2.24, 2.45) is 5.73 Å². The molecule has 0 aliphatic carbocycles. The lowest BCUT2D eigenvalue weighted by Crippen LogP contribution is -2.53. The van der Waals surface area contributed by atoms with Crippen LogP contribution in [0.2, 0.25) is 0 Å². The fraction of sp³-hybridized carbons (Fsp3) is 0.600. The van der Waals surface area contributed by atoms with E-state index in [-0.39, 0.29) is 6.42 Å². The lowest BCUT2D eigenvalue weighted by atomic mass is 10.1. The summed E-state index contributed by atoms with van der Waals surface area (Å²) in [7, 11) is -4.96. The average Bonchev–Trinajstić information content (AvgIpc) is 2.45. The van der Waals surface area contributed by atoms with Gasteiger partial charge in [0.2, 0.25) is 11.8 Å². The van der Waals surface area contributed by atoms with Crippen molar-refractivity contribution in [2.75, 3.05) is 13.2 Å². The Bertz CT molecular complexity index is 533. The Balaban J connectivity index is 4.94. The zero-order chi connectivity index (χ0) is 18.9. The Morgan fingerprint density at radius 2 is 1.67 bits per heavy atom. The number of hydrogen-bond acceptors (Lipinski definition) is 7. The fourth-order valence-corrected chi connectivity index (χ4v) is 1.75. The van der Waals surface area contributed by atoms with Gasteiger partial charge >= 0.3 is 19.8 Å². The van der Waals surface area contributed by atoms with Crippen molar-refractivity contribution in [2.45, 2.75) is 24.9 Å². The topological polar surface area (TPSA) is 226 Å². The third-order valence-corrected chi connectivity index (χ3v) is 2.99. The molecule has 0 fully saturated rings. The number of nitrogens with one attached hydrogen (secondary N) is 2. The summed E-state index contributed by atoms with van der Waals surface area (Å²) in [5.74, 6) is -4.76. The fourth-order valence-electron chi connectivity index (χ4n) is 1.41. The normalized spacial score (nSPS) is 13.6. The minimum Gasteiger partial charge on any atom is -0.481 e. The second-order valence-corrected chi connectivity index (χ2v) is 5.68. The maximum absolute atomic E-state index is 12.0. The molecule has 0 unspecified atom stereocenters. The molecule has 2 atom stereocenters. The molecule has 0 aromatic rings. The van der Waals surface area contributed by atoms with Crippen molar-refractivity contribution in [1.82, 2.24) is 10.6 Å². The van der Waals surface area contributed by atoms with Crippen LogP contribution in [0.25, 0.3) is 0 Å². The molecule has 0 radical (unpaired) electrons. The molecule has 0 heterocycles. The Kier molecular flexibility index (Phi) is 9.10. The first-order valence-corrected chi connectivity index (χ1v) is 7.93. The summed E-state index contributed by atoms with van der Waals surface area (Å²) in [6.07, 6.45) is -0.849. The van der Waals surface area contributed by atoms with Crippen LogP contribution >= 0.6 is 7.82 Å². The summed E-state index contributed by atoms with van der Waals surface area (Å²) in [4.78, 5) is 61.8. The Morgan fingerprint density at radius 3 is 2.08 bits per heavy atom. The number of phosphoric acid groups is 1. The van der Waals surface area contributed by atoms with Crippen LogP contribution in [-0.2, 0) is 28.3 Å². The maximum atomic E-state index is 12.0. The predicted octanol–water partition coefficient (Wildman–Crippen LogP) is -3.03. The number of carboxylic acids is 2. The van der Waals surface area contributed by atoms with Gasteiger partial charge in [0.05, 0.1) is 13.2 Å². The second-order valence-electron chi connectivity index (χ2n) is 4.44. The number of carbonyl (C=O) groups is 4. The van der Waals surface area contributed by atoms with Crippen LogP contribution in [0.3, 0.4) is 0 Å². The highest BCUT2D eigenvalue weighted by Crippen LogP contribution is 2.35. The molecule has 2 amide bonds. The molecular weight excluding hydrogens is 353 g/mol. The maximum Gasteiger partial charge on any atom is 0.469 e. The monoisotopic (exact) mass is 371 g/mol. The lowest BCUT2D eigenvalue weighted by molar-refractivity contribution is -0.143. The van der Waals surface area contributed by atoms with Crippen molar-refractivity contribution in [3.63, 3.8) is 0 Å². The molecule has 24 heavy (non-hydrogen) atoms. The number of hydrogen-bond donors (Lipinski definition) is 7. The van der Waals surface area contributed by atoms with E-state index in [1.165, 1.54) is 0 Å². The van der Waals surface area contributed by atoms with Gasteiger partial charge in [-0.25, -0.2) is 9.36 Å². The molecule has 0 aliphatic rings. The third kappa shape index (κ3) is 9.86. The van der Waals surface area contributed by atoms with Crippen LogP contribution < -0.4 is 16.4 Å². The molecule has 0 spiro atoms. The van der Waals surface area contributed by atoms with Crippen LogP contribution in [0.5, 0.6) is 0 Å². The Morgan fingerprint density at radius 1 is 1.08 bits per heavy atom. The average molecular weight is 371 g/mol. The minimum absolute atomic E-state index is 0.349. The molecule has 0 rings (SSSR count). The van der Waals surface area contributed by atoms with Crippen LogP contribution in [-0.4, -0.2) is 69.0 Å². The van der Waals surface area contributed by atoms with Gasteiger partial charge in [0.25, 0.3) is 0 Å². The highest BCUT2D eigenvalue weighted by atomic mass is 31.2. The van der Waals surface area contributed by atoms with Crippen molar-refractivity contribution in [3.8, 4) is 0 Å². The van der Waals surface area contributed by atoms with Crippen LogP contribution in [0.15, 0.2) is 0 Å². The number of aliphatic carboxylic acids is 2. The molecular formula is C10H18N3O10P. The van der Waals surface area contributed by atoms with Gasteiger partial charge in [0.15, 0.2) is 6.04 Å². The van der Waals surface area contributed by atoms with Crippen LogP contribution in [0.1, 0.15) is 12.8 Å². The van der Waals surface area contributed by atoms with E-state index in [4.69, 9.17) is 25.7 Å². The molecule has 8 N–H and O–H groups in total. The van der Waals surface area contributed by atoms with Crippen LogP contribution in [0.4, 0.5) is 0 Å². The second kappa shape index (κ2) is 9.95. The molecule has 0 aliphatic heterocycles. The molecule has 0 aromatic heterocycles. The van der Waals surface area contributed by atoms with Crippen molar-refractivity contribution in [1.29, 1.82) is 0 Å². The summed E-state index contributed by atoms with van der Waals surface area (Å²) in [5.41, 5.74) is 5.06. The largest absolute Gasteiger partial charge is 0.481 e. The van der Waals surface area contributed by atoms with E-state index in [1.807, 2.05) is 5.32 Å². The lowest BCUT2D eigenvalue weighted by Gasteiger charge is -2.21. The summed E-state index contributed by atoms with van der Waals surface area (Å²) in [6, 6.07) is -3.22. The number of nitrogens with two attached hydrogens (primary N) is 1. The number of carbonyl (C=O) groups excluding carboxylic acids is 2. The van der Waals surface area contributed by atoms with E-state index in [0.29, 0.717) is 0 Å². The van der Waals surface area contributed by atoms with Crippen molar-refractivity contribution in [3.05, 3.63) is 0 Å². The van der Waals surface area contributed by atoms with Gasteiger partial charge in [-0.1, -0.05) is 0 Å². The summed E-state index contributed by atoms with van der Waals surface area (Å²) in [5, 5.41) is 21.5. The summed E-state index contributed by atoms with van der Waals surface area (Å²) >= 11 is 0. The van der Waals surface area contributed by atoms with Gasteiger partial charge in [-0.3, -0.25) is 18.9 Å². The van der Waals surface area contributed by atoms with Gasteiger partial charge in [-0.15, -0.1) is 0 Å². The first-order chi connectivity index (χ1) is 11.0. The molecule has 138 valence electrons. The summed E-state index contributed by atoms with van der Waals surface area (Å²) < 4.78 is 14.6. The molecule has 0 aromatic carbocycles. The zero-order valence-electron chi connectivity index (χ0n) is 12.2. The van der Waals surface area contributed by atoms with E-state index in [1.54, 1.807) is 0 Å². The van der Waals surface area contributed by atoms with Crippen molar-refractivity contribution < 1.29 is 48.3 Å². The SMILES string of the molecule is NCC(=O)N[C@@H](CCC(=O)O)C(=O)N[C@H](COP(=O)(O)O)C(=O)O. The van der Waals surface area contributed by atoms with Gasteiger partial charge < -0.3 is 36.4 Å². The zero-order valence-corrected chi connectivity index (χ0v) is 13.1. The van der Waals surface area contributed by atoms with Crippen molar-refractivity contribution >= 4 is 31.6 Å². The number of phosphoric ester groups is 1. The van der Waals surface area contributed by atoms with Gasteiger partial charge in [0.1, 0.15) is 6.04 Å². The molecule has 0 bridgehead atoms. The Labute approximate surface area is 135 Å². The quantitative estimate of drug-likeness (QED) is 0.181. The van der Waals surface area contributed by atoms with E-state index < -0.39 is 63.2 Å². The first kappa shape index (κ1) is 21.9. The van der Waals surface area contributed by atoms with E-state index in [0.717, 1.165) is 0 Å². The van der Waals surface area contributed by atoms with E-state index in [2.05, 4.69) is 9.84 Å². The van der Waals surface area contributed by atoms with Crippen LogP contribution in [0, 0.1) is 0 Å². The van der Waals surface area contributed by atoms with Gasteiger partial charge in [-0.2, -0.15) is 0 Å². The standard InChI is InChI=1S/C10H18N3O10P/c11-3-7(14)12-5(1-2-8(15)16)9(17)13-6(10(18)19)4-23-24(20,21)22/h5-6H,1-4,11H2,(H,12,14)(H,13,17)(H,15,16)(H,18,19)(H2,20,21,22)/t5-,6+/m0/s1. The van der Waals surface area contributed by atoms with Gasteiger partial charge in [0, 0.05) is 6.42 Å². The first-order valence-electron chi connectivity index (χ1n) is 6.40. The minimum atomic E-state index is -4.96. The molecule has 0 saturated heterocycles. The molecule has 13 nitrogen and oxygen atoms in total. The number of rotatable bonds is 11. The highest BCUT2D eigenvalue weighted by Gasteiger charge is 2.29. The number of carboxylic acid groups (broad SMARTS) is 2. The predicted molar refractivity (Wildman–Crippen MR) is 75.4 cm³/mol. The highest BCUT2D eigenvalue weighted by molar-refractivity contribution is 7.46. The third-order valence-electron chi connectivity index (χ3n) is 2.51. The number of amides is 2. The molecule has 14 heteroatoms. The molecule has 0 saturated carbocycles. The summed E-state index contributed by atoms with van der Waals surface area (Å²) in [6.45, 7) is -1.53. The van der Waals surface area contributed by atoms with E-state index >= 15 is 0 Å². The Hall–Kier alpha value is -2.05. The van der Waals surface area contributed by atoms with Gasteiger partial charge in [-0.05, 0) is 6.42 Å². The smallest absolute Gasteiger partial charge is 0.469 e.